The van der Waals surface area contributed by atoms with Crippen molar-refractivity contribution in [1.82, 2.24) is 0 Å². The van der Waals surface area contributed by atoms with E-state index in [1.807, 2.05) is 47.4 Å². The van der Waals surface area contributed by atoms with Crippen LogP contribution in [-0.2, 0) is 9.59 Å². The molecule has 6 heteroatoms. The molecule has 4 atom stereocenters. The highest BCUT2D eigenvalue weighted by Crippen LogP contribution is 2.49. The molecule has 35 heavy (non-hydrogen) atoms. The number of fused-ring (bicyclic) bond motifs is 5. The quantitative estimate of drug-likeness (QED) is 0.430. The SMILES string of the molecule is CC(=O)c1ccc(N2C(=O)[C@@H]3[C@@H](C2=O)[C@@H]2C=Cc4ccccc4N2[C@@H]3C(=O)c2ccccc2)cc1. The van der Waals surface area contributed by atoms with E-state index < -0.39 is 23.9 Å². The Kier molecular flexibility index (Phi) is 4.78. The molecule has 0 radical (unpaired) electrons. The van der Waals surface area contributed by atoms with Crippen LogP contribution in [0, 0.1) is 11.8 Å². The predicted octanol–water partition coefficient (Wildman–Crippen LogP) is 4.16. The summed E-state index contributed by atoms with van der Waals surface area (Å²) in [5.74, 6) is -2.48. The lowest BCUT2D eigenvalue weighted by atomic mass is 9.86. The van der Waals surface area contributed by atoms with Crippen LogP contribution in [0.4, 0.5) is 11.4 Å². The Morgan fingerprint density at radius 2 is 1.40 bits per heavy atom. The fourth-order valence-corrected chi connectivity index (χ4v) is 5.69. The second-order valence-corrected chi connectivity index (χ2v) is 9.16. The molecule has 3 aromatic rings. The molecule has 0 saturated carbocycles. The van der Waals surface area contributed by atoms with Crippen molar-refractivity contribution in [1.29, 1.82) is 0 Å². The van der Waals surface area contributed by atoms with Gasteiger partial charge in [0, 0.05) is 16.8 Å². The first-order chi connectivity index (χ1) is 17.0. The van der Waals surface area contributed by atoms with Crippen LogP contribution in [0.25, 0.3) is 6.08 Å². The fourth-order valence-electron chi connectivity index (χ4n) is 5.69. The van der Waals surface area contributed by atoms with E-state index in [1.54, 1.807) is 48.5 Å². The molecule has 6 nitrogen and oxygen atoms in total. The zero-order valence-corrected chi connectivity index (χ0v) is 19.0. The average Bonchev–Trinajstić information content (AvgIpc) is 3.37. The summed E-state index contributed by atoms with van der Waals surface area (Å²) < 4.78 is 0. The highest BCUT2D eigenvalue weighted by Gasteiger charge is 2.64. The van der Waals surface area contributed by atoms with Crippen molar-refractivity contribution >= 4 is 40.8 Å². The number of hydrogen-bond acceptors (Lipinski definition) is 5. The molecule has 0 N–H and O–H groups in total. The highest BCUT2D eigenvalue weighted by atomic mass is 16.2. The Balaban J connectivity index is 1.47. The standard InChI is InChI=1S/C29H22N2O4/c1-17(32)18-11-14-21(15-12-18)30-28(34)24-23-16-13-19-7-5-6-10-22(19)31(23)26(25(24)29(30)35)27(33)20-8-3-2-4-9-20/h2-16,23-26H,1H3/t23-,24-,25+,26-/m0/s1. The van der Waals surface area contributed by atoms with Crippen LogP contribution in [0.1, 0.15) is 33.2 Å². The number of imide groups is 1. The van der Waals surface area contributed by atoms with Crippen molar-refractivity contribution in [2.75, 3.05) is 9.80 Å². The normalized spacial score (nSPS) is 24.3. The van der Waals surface area contributed by atoms with Crippen LogP contribution in [0.15, 0.2) is 84.9 Å². The Bertz CT molecular complexity index is 1410. The molecule has 0 spiro atoms. The number of para-hydroxylation sites is 1. The van der Waals surface area contributed by atoms with Gasteiger partial charge in [0.15, 0.2) is 11.6 Å². The van der Waals surface area contributed by atoms with Gasteiger partial charge in [-0.25, -0.2) is 4.90 Å². The van der Waals surface area contributed by atoms with Crippen molar-refractivity contribution < 1.29 is 19.2 Å². The monoisotopic (exact) mass is 462 g/mol. The van der Waals surface area contributed by atoms with Gasteiger partial charge in [0.25, 0.3) is 0 Å². The number of hydrogen-bond donors (Lipinski definition) is 0. The van der Waals surface area contributed by atoms with Gasteiger partial charge < -0.3 is 4.90 Å². The minimum Gasteiger partial charge on any atom is -0.352 e. The fraction of sp³-hybridized carbons (Fsp3) is 0.172. The van der Waals surface area contributed by atoms with Gasteiger partial charge in [-0.2, -0.15) is 0 Å². The summed E-state index contributed by atoms with van der Waals surface area (Å²) in [6, 6.07) is 21.9. The first kappa shape index (κ1) is 21.2. The van der Waals surface area contributed by atoms with Gasteiger partial charge in [0.05, 0.1) is 23.6 Å². The summed E-state index contributed by atoms with van der Waals surface area (Å²) in [4.78, 5) is 56.3. The first-order valence-electron chi connectivity index (χ1n) is 11.6. The topological polar surface area (TPSA) is 74.8 Å². The third-order valence-electron chi connectivity index (χ3n) is 7.27. The molecular formula is C29H22N2O4. The third-order valence-corrected chi connectivity index (χ3v) is 7.27. The maximum Gasteiger partial charge on any atom is 0.240 e. The maximum atomic E-state index is 13.9. The molecule has 172 valence electrons. The second-order valence-electron chi connectivity index (χ2n) is 9.16. The molecule has 2 fully saturated rings. The number of nitrogens with zero attached hydrogens (tertiary/aromatic N) is 2. The van der Waals surface area contributed by atoms with E-state index in [0.29, 0.717) is 16.8 Å². The minimum absolute atomic E-state index is 0.0948. The lowest BCUT2D eigenvalue weighted by Crippen LogP contribution is -2.48. The summed E-state index contributed by atoms with van der Waals surface area (Å²) >= 11 is 0. The molecule has 3 aromatic carbocycles. The van der Waals surface area contributed by atoms with Crippen LogP contribution in [0.2, 0.25) is 0 Å². The number of ketones is 2. The summed E-state index contributed by atoms with van der Waals surface area (Å²) in [5.41, 5.74) is 3.22. The zero-order chi connectivity index (χ0) is 24.3. The van der Waals surface area contributed by atoms with Gasteiger partial charge in [-0.1, -0.05) is 60.7 Å². The molecule has 6 rings (SSSR count). The van der Waals surface area contributed by atoms with Crippen LogP contribution in [0.3, 0.4) is 0 Å². The molecule has 3 aliphatic heterocycles. The van der Waals surface area contributed by atoms with E-state index in [0.717, 1.165) is 11.3 Å². The van der Waals surface area contributed by atoms with Crippen LogP contribution < -0.4 is 9.80 Å². The van der Waals surface area contributed by atoms with E-state index in [9.17, 15) is 19.2 Å². The van der Waals surface area contributed by atoms with Crippen molar-refractivity contribution in [3.8, 4) is 0 Å². The number of benzene rings is 3. The summed E-state index contributed by atoms with van der Waals surface area (Å²) in [6.07, 6.45) is 3.90. The zero-order valence-electron chi connectivity index (χ0n) is 19.0. The average molecular weight is 463 g/mol. The molecule has 3 heterocycles. The van der Waals surface area contributed by atoms with Gasteiger partial charge >= 0.3 is 0 Å². The van der Waals surface area contributed by atoms with Crippen LogP contribution in [-0.4, -0.2) is 35.5 Å². The van der Waals surface area contributed by atoms with Crippen molar-refractivity contribution in [3.63, 3.8) is 0 Å². The molecule has 0 unspecified atom stereocenters. The van der Waals surface area contributed by atoms with Gasteiger partial charge in [-0.05, 0) is 42.8 Å². The maximum absolute atomic E-state index is 13.9. The Labute approximate surface area is 202 Å². The van der Waals surface area contributed by atoms with Crippen LogP contribution in [0.5, 0.6) is 0 Å². The summed E-state index contributed by atoms with van der Waals surface area (Å²) in [6.45, 7) is 1.47. The lowest BCUT2D eigenvalue weighted by Gasteiger charge is -2.36. The summed E-state index contributed by atoms with van der Waals surface area (Å²) in [7, 11) is 0. The summed E-state index contributed by atoms with van der Waals surface area (Å²) in [5, 5.41) is 0. The minimum atomic E-state index is -0.816. The van der Waals surface area contributed by atoms with Crippen molar-refractivity contribution in [2.24, 2.45) is 11.8 Å². The number of Topliss-reactive ketones (excluding diaryl/α,β-unsaturated/α-hetero) is 2. The van der Waals surface area contributed by atoms with Crippen molar-refractivity contribution in [2.45, 2.75) is 19.0 Å². The Hall–Kier alpha value is -4.32. The molecule has 2 amide bonds. The molecule has 3 aliphatic rings. The predicted molar refractivity (Wildman–Crippen MR) is 132 cm³/mol. The lowest BCUT2D eigenvalue weighted by molar-refractivity contribution is -0.122. The van der Waals surface area contributed by atoms with E-state index in [1.165, 1.54) is 11.8 Å². The van der Waals surface area contributed by atoms with E-state index >= 15 is 0 Å². The number of anilines is 2. The van der Waals surface area contributed by atoms with Crippen LogP contribution >= 0.6 is 0 Å². The molecule has 0 aliphatic carbocycles. The van der Waals surface area contributed by atoms with E-state index in [-0.39, 0.29) is 23.4 Å². The molecule has 0 bridgehead atoms. The van der Waals surface area contributed by atoms with E-state index in [4.69, 9.17) is 0 Å². The number of rotatable bonds is 4. The van der Waals surface area contributed by atoms with Gasteiger partial charge in [0.2, 0.25) is 11.8 Å². The smallest absolute Gasteiger partial charge is 0.240 e. The number of amides is 2. The van der Waals surface area contributed by atoms with E-state index in [2.05, 4.69) is 0 Å². The highest BCUT2D eigenvalue weighted by molar-refractivity contribution is 6.25. The largest absolute Gasteiger partial charge is 0.352 e. The number of carbonyl (C=O) groups excluding carboxylic acids is 4. The Morgan fingerprint density at radius 3 is 2.11 bits per heavy atom. The number of carbonyl (C=O) groups is 4. The molecule has 2 saturated heterocycles. The molecule has 0 aromatic heterocycles. The Morgan fingerprint density at radius 1 is 0.743 bits per heavy atom. The molecular weight excluding hydrogens is 440 g/mol. The van der Waals surface area contributed by atoms with Gasteiger partial charge in [-0.15, -0.1) is 0 Å². The van der Waals surface area contributed by atoms with Gasteiger partial charge in [0.1, 0.15) is 6.04 Å². The first-order valence-corrected chi connectivity index (χ1v) is 11.6. The third kappa shape index (κ3) is 3.10. The van der Waals surface area contributed by atoms with Gasteiger partial charge in [-0.3, -0.25) is 19.2 Å². The second kappa shape index (κ2) is 7.87. The van der Waals surface area contributed by atoms with Crippen molar-refractivity contribution in [3.05, 3.63) is 102 Å².